The molecular weight excluding hydrogens is 472 g/mol. The quantitative estimate of drug-likeness (QED) is 0.329. The first-order valence-corrected chi connectivity index (χ1v) is 12.2. The van der Waals surface area contributed by atoms with Crippen molar-refractivity contribution >= 4 is 50.9 Å². The van der Waals surface area contributed by atoms with Crippen molar-refractivity contribution in [2.45, 2.75) is 25.7 Å². The van der Waals surface area contributed by atoms with Gasteiger partial charge < -0.3 is 4.57 Å². The van der Waals surface area contributed by atoms with Crippen molar-refractivity contribution in [2.24, 2.45) is 5.14 Å². The van der Waals surface area contributed by atoms with Gasteiger partial charge in [-0.1, -0.05) is 12.1 Å². The molecule has 1 aliphatic rings. The standard InChI is InChI=1S/C24H22N4O4S2/c1-14-5-4-6-19(11-14)28-23(30)21(22(29)26-24(28)33)13-17-12-15(2)27(16(17)3)18-7-9-20(10-8-18)34(25,31)32/h4-13H,1-3H3,(H2,25,31,32)(H,26,29,33)/b21-13+. The van der Waals surface area contributed by atoms with Gasteiger partial charge in [-0.05, 0) is 92.7 Å². The Balaban J connectivity index is 1.74. The summed E-state index contributed by atoms with van der Waals surface area (Å²) in [5.74, 6) is -1.08. The van der Waals surface area contributed by atoms with E-state index in [2.05, 4.69) is 5.32 Å². The van der Waals surface area contributed by atoms with Crippen LogP contribution in [0, 0.1) is 20.8 Å². The van der Waals surface area contributed by atoms with Crippen LogP contribution in [0.4, 0.5) is 5.69 Å². The van der Waals surface area contributed by atoms with Gasteiger partial charge in [0.25, 0.3) is 11.8 Å². The SMILES string of the molecule is Cc1cccc(N2C(=O)/C(=C/c3cc(C)n(-c4ccc(S(N)(=O)=O)cc4)c3C)C(=O)NC2=S)c1. The maximum atomic E-state index is 13.3. The zero-order chi connectivity index (χ0) is 24.8. The lowest BCUT2D eigenvalue weighted by molar-refractivity contribution is -0.122. The van der Waals surface area contributed by atoms with Crippen molar-refractivity contribution in [1.82, 2.24) is 9.88 Å². The molecule has 2 aromatic carbocycles. The molecule has 4 rings (SSSR count). The van der Waals surface area contributed by atoms with Crippen LogP contribution in [0.3, 0.4) is 0 Å². The van der Waals surface area contributed by atoms with E-state index in [0.29, 0.717) is 16.9 Å². The second-order valence-corrected chi connectivity index (χ2v) is 9.95. The summed E-state index contributed by atoms with van der Waals surface area (Å²) in [6.45, 7) is 5.63. The number of nitrogens with zero attached hydrogens (tertiary/aromatic N) is 2. The molecule has 0 bridgehead atoms. The van der Waals surface area contributed by atoms with E-state index in [1.54, 1.807) is 24.3 Å². The third-order valence-corrected chi connectivity index (χ3v) is 6.77. The number of nitrogens with two attached hydrogens (primary N) is 1. The van der Waals surface area contributed by atoms with E-state index in [9.17, 15) is 18.0 Å². The summed E-state index contributed by atoms with van der Waals surface area (Å²) in [7, 11) is -3.80. The van der Waals surface area contributed by atoms with Crippen molar-refractivity contribution in [2.75, 3.05) is 4.90 Å². The topological polar surface area (TPSA) is 114 Å². The molecule has 2 amide bonds. The van der Waals surface area contributed by atoms with Crippen LogP contribution in [0.25, 0.3) is 11.8 Å². The molecule has 0 aliphatic carbocycles. The van der Waals surface area contributed by atoms with E-state index in [0.717, 1.165) is 17.0 Å². The van der Waals surface area contributed by atoms with Crippen molar-refractivity contribution < 1.29 is 18.0 Å². The molecule has 34 heavy (non-hydrogen) atoms. The van der Waals surface area contributed by atoms with E-state index in [-0.39, 0.29) is 15.6 Å². The van der Waals surface area contributed by atoms with Crippen LogP contribution >= 0.6 is 12.2 Å². The predicted molar refractivity (Wildman–Crippen MR) is 134 cm³/mol. The van der Waals surface area contributed by atoms with Crippen molar-refractivity contribution in [3.8, 4) is 5.69 Å². The van der Waals surface area contributed by atoms with Gasteiger partial charge in [-0.3, -0.25) is 19.8 Å². The molecule has 0 spiro atoms. The number of benzene rings is 2. The number of thiocarbonyl (C=S) groups is 1. The smallest absolute Gasteiger partial charge is 0.270 e. The number of carbonyl (C=O) groups is 2. The molecule has 8 nitrogen and oxygen atoms in total. The molecular formula is C24H22N4O4S2. The van der Waals surface area contributed by atoms with Crippen LogP contribution in [0.15, 0.2) is 65.1 Å². The number of anilines is 1. The first-order valence-electron chi connectivity index (χ1n) is 10.3. The number of rotatable bonds is 4. The minimum atomic E-state index is -3.80. The Bertz CT molecular complexity index is 1490. The van der Waals surface area contributed by atoms with Crippen molar-refractivity contribution in [3.05, 3.63) is 82.7 Å². The molecule has 2 heterocycles. The molecule has 1 saturated heterocycles. The van der Waals surface area contributed by atoms with Gasteiger partial charge in [0.1, 0.15) is 5.57 Å². The minimum Gasteiger partial charge on any atom is -0.318 e. The Labute approximate surface area is 202 Å². The molecule has 1 aliphatic heterocycles. The highest BCUT2D eigenvalue weighted by molar-refractivity contribution is 7.89. The lowest BCUT2D eigenvalue weighted by Gasteiger charge is -2.29. The highest BCUT2D eigenvalue weighted by Crippen LogP contribution is 2.27. The molecule has 0 atom stereocenters. The summed E-state index contributed by atoms with van der Waals surface area (Å²) in [6, 6.07) is 15.3. The van der Waals surface area contributed by atoms with E-state index in [1.165, 1.54) is 17.0 Å². The van der Waals surface area contributed by atoms with Crippen LogP contribution in [0.2, 0.25) is 0 Å². The normalized spacial score (nSPS) is 15.7. The molecule has 10 heteroatoms. The fraction of sp³-hybridized carbons (Fsp3) is 0.125. The highest BCUT2D eigenvalue weighted by atomic mass is 32.2. The molecule has 0 saturated carbocycles. The van der Waals surface area contributed by atoms with Crippen LogP contribution in [0.1, 0.15) is 22.5 Å². The second kappa shape index (κ2) is 8.64. The lowest BCUT2D eigenvalue weighted by atomic mass is 10.1. The number of aryl methyl sites for hydroxylation is 2. The third kappa shape index (κ3) is 4.30. The average molecular weight is 495 g/mol. The number of hydrogen-bond acceptors (Lipinski definition) is 5. The Morgan fingerprint density at radius 1 is 0.971 bits per heavy atom. The summed E-state index contributed by atoms with van der Waals surface area (Å²) >= 11 is 5.27. The number of primary sulfonamides is 1. The maximum absolute atomic E-state index is 13.3. The zero-order valence-electron chi connectivity index (χ0n) is 18.7. The third-order valence-electron chi connectivity index (χ3n) is 5.56. The van der Waals surface area contributed by atoms with Crippen molar-refractivity contribution in [3.63, 3.8) is 0 Å². The van der Waals surface area contributed by atoms with E-state index in [4.69, 9.17) is 17.4 Å². The first-order chi connectivity index (χ1) is 16.0. The second-order valence-electron chi connectivity index (χ2n) is 8.00. The Morgan fingerprint density at radius 2 is 1.65 bits per heavy atom. The number of amides is 2. The number of aromatic nitrogens is 1. The summed E-state index contributed by atoms with van der Waals surface area (Å²) < 4.78 is 25.0. The lowest BCUT2D eigenvalue weighted by Crippen LogP contribution is -2.54. The monoisotopic (exact) mass is 494 g/mol. The van der Waals surface area contributed by atoms with Gasteiger partial charge in [0, 0.05) is 17.1 Å². The first kappa shape index (κ1) is 23.6. The fourth-order valence-electron chi connectivity index (χ4n) is 3.93. The summed E-state index contributed by atoms with van der Waals surface area (Å²) in [5, 5.41) is 7.81. The van der Waals surface area contributed by atoms with Crippen molar-refractivity contribution in [1.29, 1.82) is 0 Å². The average Bonchev–Trinajstić information content (AvgIpc) is 3.03. The van der Waals surface area contributed by atoms with Crippen LogP contribution in [-0.4, -0.2) is 29.9 Å². The summed E-state index contributed by atoms with van der Waals surface area (Å²) in [4.78, 5) is 27.3. The van der Waals surface area contributed by atoms with Gasteiger partial charge in [0.15, 0.2) is 5.11 Å². The van der Waals surface area contributed by atoms with E-state index in [1.807, 2.05) is 49.6 Å². The number of carbonyl (C=O) groups excluding carboxylic acids is 2. The number of hydrogen-bond donors (Lipinski definition) is 2. The van der Waals surface area contributed by atoms with Crippen LogP contribution in [-0.2, 0) is 19.6 Å². The van der Waals surface area contributed by atoms with E-state index >= 15 is 0 Å². The van der Waals surface area contributed by atoms with E-state index < -0.39 is 21.8 Å². The van der Waals surface area contributed by atoms with Gasteiger partial charge in [-0.25, -0.2) is 13.6 Å². The van der Waals surface area contributed by atoms with Gasteiger partial charge in [-0.15, -0.1) is 0 Å². The Kier molecular flexibility index (Phi) is 5.98. The minimum absolute atomic E-state index is 0.0118. The highest BCUT2D eigenvalue weighted by Gasteiger charge is 2.34. The Hall–Kier alpha value is -3.60. The Morgan fingerprint density at radius 3 is 2.26 bits per heavy atom. The van der Waals surface area contributed by atoms with Gasteiger partial charge in [-0.2, -0.15) is 0 Å². The van der Waals surface area contributed by atoms with Gasteiger partial charge in [0.05, 0.1) is 10.6 Å². The number of sulfonamides is 1. The number of nitrogens with one attached hydrogen (secondary N) is 1. The zero-order valence-corrected chi connectivity index (χ0v) is 20.3. The van der Waals surface area contributed by atoms with Crippen LogP contribution in [0.5, 0.6) is 0 Å². The molecule has 1 aromatic heterocycles. The molecule has 174 valence electrons. The summed E-state index contributed by atoms with van der Waals surface area (Å²) in [5.41, 5.74) is 4.47. The largest absolute Gasteiger partial charge is 0.318 e. The molecule has 3 aromatic rings. The van der Waals surface area contributed by atoms with Gasteiger partial charge >= 0.3 is 0 Å². The fourth-order valence-corrected chi connectivity index (χ4v) is 4.73. The molecule has 0 radical (unpaired) electrons. The summed E-state index contributed by atoms with van der Waals surface area (Å²) in [6.07, 6.45) is 1.54. The molecule has 0 unspecified atom stereocenters. The van der Waals surface area contributed by atoms with Crippen LogP contribution < -0.4 is 15.4 Å². The molecule has 1 fully saturated rings. The maximum Gasteiger partial charge on any atom is 0.270 e. The van der Waals surface area contributed by atoms with Gasteiger partial charge in [0.2, 0.25) is 10.0 Å². The predicted octanol–water partition coefficient (Wildman–Crippen LogP) is 2.88. The molecule has 3 N–H and O–H groups in total.